The number of ketones is 1. The van der Waals surface area contributed by atoms with Gasteiger partial charge in [-0.1, -0.05) is 153 Å². The van der Waals surface area contributed by atoms with Gasteiger partial charge in [-0.25, -0.2) is 28.8 Å². The summed E-state index contributed by atoms with van der Waals surface area (Å²) in [6.45, 7) is 40.6. The van der Waals surface area contributed by atoms with Crippen molar-refractivity contribution >= 4 is 84.1 Å². The van der Waals surface area contributed by atoms with Gasteiger partial charge in [0.2, 0.25) is 0 Å². The van der Waals surface area contributed by atoms with E-state index < -0.39 is 11.9 Å². The van der Waals surface area contributed by atoms with E-state index in [4.69, 9.17) is 38.6 Å². The van der Waals surface area contributed by atoms with Crippen LogP contribution in [0.2, 0.25) is 0 Å². The SMILES string of the molecule is C=C(C)C(=O)OCC.C=C(C)C(=O)OCC.C=CC(=O)OCC.CCOC(=O)/C(C)=C/C=C/C=C(\C)C(C)=O.C\C(=C/C=C/C=C(\C)C(=O)O)C(=O)O.C\C(=C/C=C/C=C(\C)CO)CO.C\C(C=O)=C/C=C/C=C(\C)C=O.C\C(C=O)=C/C=C/C=C(\C)C=O.OC/C=C/CO.[Ag].[AlH3].[H-].[Li+].[O]=[Ag]. The predicted octanol–water partition coefficient (Wildman–Crippen LogP) is 7.60. The van der Waals surface area contributed by atoms with Crippen molar-refractivity contribution in [2.75, 3.05) is 52.9 Å². The van der Waals surface area contributed by atoms with Crippen LogP contribution in [0.5, 0.6) is 0 Å². The van der Waals surface area contributed by atoms with Gasteiger partial charge in [0.15, 0.2) is 23.1 Å². The van der Waals surface area contributed by atoms with Gasteiger partial charge in [0, 0.05) is 56.3 Å². The van der Waals surface area contributed by atoms with Crippen LogP contribution in [0.25, 0.3) is 0 Å². The Morgan fingerprint density at radius 1 is 0.390 bits per heavy atom. The van der Waals surface area contributed by atoms with Gasteiger partial charge in [-0.05, 0) is 157 Å². The molecular weight excluding hydrogens is 1490 g/mol. The molecule has 0 aromatic rings. The fourth-order valence-electron chi connectivity index (χ4n) is 3.76. The van der Waals surface area contributed by atoms with Crippen molar-refractivity contribution in [1.29, 1.82) is 0 Å². The number of ether oxygens (including phenoxy) is 4. The van der Waals surface area contributed by atoms with E-state index in [1.807, 2.05) is 38.2 Å². The Labute approximate surface area is 645 Å². The summed E-state index contributed by atoms with van der Waals surface area (Å²) >= 11 is 1.70. The molecule has 0 aliphatic rings. The van der Waals surface area contributed by atoms with E-state index in [-0.39, 0.29) is 127 Å². The Hall–Kier alpha value is -7.52. The number of carbonyl (C=O) groups is 11. The van der Waals surface area contributed by atoms with Gasteiger partial charge in [0.25, 0.3) is 0 Å². The van der Waals surface area contributed by atoms with Crippen LogP contribution in [-0.2, 0) is 118 Å². The number of hydrogen-bond acceptors (Lipinski definition) is 20. The first kappa shape index (κ1) is 123. The van der Waals surface area contributed by atoms with Gasteiger partial charge in [0.1, 0.15) is 25.1 Å². The van der Waals surface area contributed by atoms with Gasteiger partial charge < -0.3 is 51.0 Å². The van der Waals surface area contributed by atoms with Crippen LogP contribution in [-0.4, -0.2) is 168 Å². The van der Waals surface area contributed by atoms with Crippen molar-refractivity contribution in [1.82, 2.24) is 0 Å². The Bertz CT molecular complexity index is 2700. The zero-order chi connectivity index (χ0) is 77.5. The summed E-state index contributed by atoms with van der Waals surface area (Å²) in [4.78, 5) is 114. The molecule has 564 valence electrons. The molecule has 0 heterocycles. The molecular formula is C74H110Ag2AlLiO22. The van der Waals surface area contributed by atoms with Crippen LogP contribution in [0.15, 0.2) is 226 Å². The molecule has 100 heavy (non-hydrogen) atoms. The second kappa shape index (κ2) is 95.7. The number of carbonyl (C=O) groups excluding carboxylic acids is 9. The fraction of sp³-hybridized carbons (Fsp3) is 0.338. The monoisotopic (exact) mass is 1600 g/mol. The quantitative estimate of drug-likeness (QED) is 0.00798. The Balaban J connectivity index is -0.0000000706. The molecule has 6 N–H and O–H groups in total. The van der Waals surface area contributed by atoms with Crippen molar-refractivity contribution in [3.05, 3.63) is 226 Å². The molecule has 1 radical (unpaired) electrons. The summed E-state index contributed by atoms with van der Waals surface area (Å²) in [7, 11) is 0. The zero-order valence-corrected chi connectivity index (χ0v) is 63.6. The van der Waals surface area contributed by atoms with Gasteiger partial charge in [-0.2, -0.15) is 0 Å². The summed E-state index contributed by atoms with van der Waals surface area (Å²) < 4.78 is 26.4. The third-order valence-electron chi connectivity index (χ3n) is 9.29. The molecule has 0 aromatic carbocycles. The molecule has 26 heteroatoms. The molecule has 0 rings (SSSR count). The minimum atomic E-state index is -0.992. The minimum absolute atomic E-state index is 0. The number of aliphatic hydroxyl groups is 4. The molecule has 0 aromatic heterocycles. The molecule has 0 atom stereocenters. The second-order valence-electron chi connectivity index (χ2n) is 18.5. The topological polar surface area (TPSA) is 363 Å². The average Bonchev–Trinajstić information content (AvgIpc) is 1.39. The number of esters is 4. The number of carboxylic acids is 2. The van der Waals surface area contributed by atoms with Gasteiger partial charge >= 0.3 is 79.0 Å². The molecule has 0 saturated heterocycles. The van der Waals surface area contributed by atoms with Crippen molar-refractivity contribution in [2.45, 2.75) is 118 Å². The second-order valence-corrected chi connectivity index (χ2v) is 18.5. The molecule has 0 aliphatic carbocycles. The van der Waals surface area contributed by atoms with Crippen LogP contribution in [0, 0.1) is 0 Å². The van der Waals surface area contributed by atoms with Crippen molar-refractivity contribution < 1.29 is 169 Å². The summed E-state index contributed by atoms with van der Waals surface area (Å²) in [5.41, 5.74) is 6.97. The first-order valence-corrected chi connectivity index (χ1v) is 29.9. The van der Waals surface area contributed by atoms with Crippen LogP contribution in [0.4, 0.5) is 0 Å². The average molecular weight is 1600 g/mol. The predicted molar refractivity (Wildman–Crippen MR) is 389 cm³/mol. The number of allylic oxidation sites excluding steroid dienone is 25. The number of rotatable bonds is 29. The Kier molecular flexibility index (Phi) is 117. The van der Waals surface area contributed by atoms with Gasteiger partial charge in [0.05, 0.1) is 52.9 Å². The van der Waals surface area contributed by atoms with Crippen LogP contribution < -0.4 is 18.9 Å². The molecule has 22 nitrogen and oxygen atoms in total. The summed E-state index contributed by atoms with van der Waals surface area (Å²) in [5.74, 6) is -3.25. The zero-order valence-electron chi connectivity index (χ0n) is 61.7. The van der Waals surface area contributed by atoms with E-state index in [1.165, 1.54) is 57.2 Å². The first-order valence-electron chi connectivity index (χ1n) is 29.3. The summed E-state index contributed by atoms with van der Waals surface area (Å²) in [5, 5.41) is 50.2. The van der Waals surface area contributed by atoms with Gasteiger partial charge in [-0.3, -0.25) is 24.0 Å². The van der Waals surface area contributed by atoms with E-state index in [9.17, 15) is 52.7 Å². The van der Waals surface area contributed by atoms with Crippen molar-refractivity contribution in [3.63, 3.8) is 0 Å². The van der Waals surface area contributed by atoms with E-state index in [0.717, 1.165) is 42.4 Å². The maximum absolute atomic E-state index is 11.2. The van der Waals surface area contributed by atoms with Crippen molar-refractivity contribution in [2.24, 2.45) is 0 Å². The molecule has 0 fully saturated rings. The molecule has 0 bridgehead atoms. The van der Waals surface area contributed by atoms with Gasteiger partial charge in [-0.15, -0.1) is 0 Å². The third-order valence-corrected chi connectivity index (χ3v) is 9.29. The van der Waals surface area contributed by atoms with E-state index >= 15 is 0 Å². The van der Waals surface area contributed by atoms with E-state index in [2.05, 4.69) is 33.9 Å². The molecule has 0 unspecified atom stereocenters. The standard InChI is InChI=1S/C13H18O3.C10H12O4.C10H16O2.2C10H12O2.2C6H10O2.C5H8O2.C4H8O2.2Ag.Al.Li.O.4H/c1-5-16-13(15)11(3)9-7-6-8-10(2)12(4)14;1-7(9(11)12)5-3-4-6-8(2)10(13)14;3*1-9(7-11)5-3-4-6-10(2)8-12;2*1-4-8-6(7)5(2)3;1-3-5(6)7-4-2;5-3-1-2-4-6;;;;;;;;;/h6-9H,5H2,1-4H3;3-6H,1-2H3,(H,11,12)(H,13,14);3-6,11-12H,7-8H2,1-2H3;2*3-8H,1-2H3;2*2,4H2,1,3H3;3H,1,4H2,2H3;1-2,5-6H,3-4H2;;;;;;;;;/q;;;;;;;;;;;;+1;;;;;-1/b7-6+,10-8+,11-9+;4-3+,7-5+,8-6+;3*4-3+,9-5+,10-6+;;;;2-1+;;;;;;;;;. The van der Waals surface area contributed by atoms with E-state index in [1.54, 1.807) is 177 Å². The number of aldehydes is 4. The number of aliphatic carboxylic acids is 2. The van der Waals surface area contributed by atoms with Crippen molar-refractivity contribution in [3.8, 4) is 0 Å². The molecule has 0 saturated carbocycles. The van der Waals surface area contributed by atoms with E-state index in [0.29, 0.717) is 71.0 Å². The number of Topliss-reactive ketones (excluding diaryl/α,β-unsaturated/α-hetero) is 1. The third kappa shape index (κ3) is 112. The number of carboxylic acid groups (broad SMARTS) is 2. The normalized spacial score (nSPS) is 11.4. The Morgan fingerprint density at radius 3 is 0.800 bits per heavy atom. The summed E-state index contributed by atoms with van der Waals surface area (Å²) in [6, 6.07) is 0. The molecule has 0 aliphatic heterocycles. The van der Waals surface area contributed by atoms with Crippen LogP contribution in [0.1, 0.15) is 119 Å². The first-order chi connectivity index (χ1) is 45.6. The maximum atomic E-state index is 11.2. The summed E-state index contributed by atoms with van der Waals surface area (Å²) in [6.07, 6.45) is 40.7. The number of aliphatic hydroxyl groups excluding tert-OH is 4. The van der Waals surface area contributed by atoms with Crippen LogP contribution in [0.3, 0.4) is 0 Å². The Morgan fingerprint density at radius 2 is 0.620 bits per heavy atom. The molecule has 0 spiro atoms. The fourth-order valence-corrected chi connectivity index (χ4v) is 3.76. The van der Waals surface area contributed by atoms with Crippen LogP contribution >= 0.6 is 0 Å². The molecule has 0 amide bonds. The number of hydrogen-bond donors (Lipinski definition) is 6.